The Kier molecular flexibility index (Phi) is 20.2. The monoisotopic (exact) mass is 309 g/mol. The fourth-order valence-corrected chi connectivity index (χ4v) is 2.04. The quantitative estimate of drug-likeness (QED) is 0.246. The van der Waals surface area contributed by atoms with Gasteiger partial charge in [-0.1, -0.05) is 58.3 Å². The molecular weight excluding hydrogens is 277 g/mol. The summed E-state index contributed by atoms with van der Waals surface area (Å²) >= 11 is 0. The second kappa shape index (κ2) is 18.1. The molecule has 120 valence electrons. The van der Waals surface area contributed by atoms with Gasteiger partial charge in [0.1, 0.15) is 0 Å². The van der Waals surface area contributed by atoms with E-state index in [9.17, 15) is 9.59 Å². The van der Waals surface area contributed by atoms with E-state index >= 15 is 0 Å². The van der Waals surface area contributed by atoms with E-state index in [1.807, 2.05) is 0 Å². The second-order valence-corrected chi connectivity index (χ2v) is 5.28. The maximum atomic E-state index is 11.4. The summed E-state index contributed by atoms with van der Waals surface area (Å²) in [5.41, 5.74) is 0. The van der Waals surface area contributed by atoms with Crippen molar-refractivity contribution in [2.75, 3.05) is 13.6 Å². The molecule has 0 aliphatic heterocycles. The number of hydrogen-bond acceptors (Lipinski definition) is 4. The van der Waals surface area contributed by atoms with Gasteiger partial charge in [-0.05, 0) is 13.5 Å². The van der Waals surface area contributed by atoms with Crippen LogP contribution >= 0.6 is 0 Å². The van der Waals surface area contributed by atoms with Crippen LogP contribution in [0.5, 0.6) is 0 Å². The Morgan fingerprint density at radius 3 is 1.81 bits per heavy atom. The summed E-state index contributed by atoms with van der Waals surface area (Å²) in [5.74, 6) is -0.811. The summed E-state index contributed by atoms with van der Waals surface area (Å²) in [7, 11) is 1.76. The van der Waals surface area contributed by atoms with Crippen LogP contribution in [0.25, 0.3) is 0 Å². The van der Waals surface area contributed by atoms with Gasteiger partial charge in [0.15, 0.2) is 0 Å². The fourth-order valence-electron chi connectivity index (χ4n) is 2.04. The summed E-state index contributed by atoms with van der Waals surface area (Å²) in [6.07, 6.45) is 11.5. The van der Waals surface area contributed by atoms with E-state index in [2.05, 4.69) is 12.2 Å². The average molecular weight is 309 g/mol. The van der Waals surface area contributed by atoms with Gasteiger partial charge < -0.3 is 10.1 Å². The number of rotatable bonds is 13. The minimum absolute atomic E-state index is 0. The summed E-state index contributed by atoms with van der Waals surface area (Å²) in [6.45, 7) is 2.77. The van der Waals surface area contributed by atoms with E-state index in [0.29, 0.717) is 13.0 Å². The van der Waals surface area contributed by atoms with E-state index in [-0.39, 0.29) is 41.9 Å². The Balaban J connectivity index is 0. The zero-order valence-electron chi connectivity index (χ0n) is 13.2. The molecule has 0 aromatic heterocycles. The van der Waals surface area contributed by atoms with Crippen LogP contribution in [-0.4, -0.2) is 55.1 Å². The maximum absolute atomic E-state index is 11.4. The standard InChI is InChI=1S/C16H31NO3.Na.H/c1-3-4-5-6-7-8-9-10-11-12-15(18)20-16(19)13-14-17-2;;/h17H,3-14H2,1-2H3;;. The molecule has 0 heterocycles. The predicted molar refractivity (Wildman–Crippen MR) is 88.6 cm³/mol. The number of hydrogen-bond donors (Lipinski definition) is 1. The number of carbonyl (C=O) groups excluding carboxylic acids is 2. The topological polar surface area (TPSA) is 55.4 Å². The van der Waals surface area contributed by atoms with E-state index in [4.69, 9.17) is 4.74 Å². The average Bonchev–Trinajstić information content (AvgIpc) is 2.43. The molecule has 0 unspecified atom stereocenters. The first-order chi connectivity index (χ1) is 9.70. The number of esters is 2. The van der Waals surface area contributed by atoms with Crippen LogP contribution in [0.15, 0.2) is 0 Å². The van der Waals surface area contributed by atoms with Crippen LogP contribution < -0.4 is 5.32 Å². The number of unbranched alkanes of at least 4 members (excludes halogenated alkanes) is 8. The van der Waals surface area contributed by atoms with Crippen LogP contribution in [0, 0.1) is 0 Å². The van der Waals surface area contributed by atoms with Gasteiger partial charge in [0.05, 0.1) is 6.42 Å². The summed E-state index contributed by atoms with van der Waals surface area (Å²) in [4.78, 5) is 22.5. The molecule has 0 atom stereocenters. The molecule has 0 fully saturated rings. The molecule has 5 heteroatoms. The van der Waals surface area contributed by atoms with Crippen molar-refractivity contribution in [1.29, 1.82) is 0 Å². The molecule has 0 aliphatic rings. The van der Waals surface area contributed by atoms with Gasteiger partial charge in [-0.3, -0.25) is 9.59 Å². The van der Waals surface area contributed by atoms with Gasteiger partial charge in [0.25, 0.3) is 0 Å². The Labute approximate surface area is 152 Å². The molecule has 0 radical (unpaired) electrons. The molecule has 0 saturated carbocycles. The van der Waals surface area contributed by atoms with Crippen LogP contribution in [-0.2, 0) is 14.3 Å². The van der Waals surface area contributed by atoms with Crippen molar-refractivity contribution in [1.82, 2.24) is 5.32 Å². The molecule has 0 saturated heterocycles. The molecule has 0 aromatic carbocycles. The first kappa shape index (κ1) is 23.4. The van der Waals surface area contributed by atoms with E-state index in [1.165, 1.54) is 44.9 Å². The first-order valence-electron chi connectivity index (χ1n) is 8.08. The molecule has 0 amide bonds. The molecule has 4 nitrogen and oxygen atoms in total. The van der Waals surface area contributed by atoms with Gasteiger partial charge in [-0.25, -0.2) is 0 Å². The Bertz CT molecular complexity index is 260. The van der Waals surface area contributed by atoms with Crippen molar-refractivity contribution in [2.24, 2.45) is 0 Å². The van der Waals surface area contributed by atoms with Gasteiger partial charge in [-0.2, -0.15) is 0 Å². The SMILES string of the molecule is CCCCCCCCCCCC(=O)OC(=O)CCNC.[NaH]. The molecule has 1 N–H and O–H groups in total. The molecule has 21 heavy (non-hydrogen) atoms. The zero-order chi connectivity index (χ0) is 15.1. The third-order valence-electron chi connectivity index (χ3n) is 3.29. The molecule has 0 aliphatic carbocycles. The number of ether oxygens (including phenoxy) is 1. The first-order valence-corrected chi connectivity index (χ1v) is 8.08. The minimum atomic E-state index is -0.430. The van der Waals surface area contributed by atoms with Gasteiger partial charge in [0.2, 0.25) is 0 Å². The fraction of sp³-hybridized carbons (Fsp3) is 0.875. The Morgan fingerprint density at radius 2 is 1.29 bits per heavy atom. The summed E-state index contributed by atoms with van der Waals surface area (Å²) in [5, 5.41) is 2.84. The predicted octanol–water partition coefficient (Wildman–Crippen LogP) is 2.94. The Morgan fingerprint density at radius 1 is 0.810 bits per heavy atom. The van der Waals surface area contributed by atoms with Crippen molar-refractivity contribution in [3.63, 3.8) is 0 Å². The van der Waals surface area contributed by atoms with Crippen LogP contribution in [0.3, 0.4) is 0 Å². The van der Waals surface area contributed by atoms with Gasteiger partial charge in [-0.15, -0.1) is 0 Å². The Hall–Kier alpha value is 0.1000. The molecule has 0 spiro atoms. The third-order valence-corrected chi connectivity index (χ3v) is 3.29. The molecule has 0 rings (SSSR count). The van der Waals surface area contributed by atoms with Crippen molar-refractivity contribution in [3.05, 3.63) is 0 Å². The van der Waals surface area contributed by atoms with E-state index in [0.717, 1.165) is 12.8 Å². The zero-order valence-corrected chi connectivity index (χ0v) is 13.2. The van der Waals surface area contributed by atoms with E-state index < -0.39 is 5.97 Å². The van der Waals surface area contributed by atoms with Crippen LogP contribution in [0.1, 0.15) is 77.6 Å². The van der Waals surface area contributed by atoms with Crippen LogP contribution in [0.4, 0.5) is 0 Å². The summed E-state index contributed by atoms with van der Waals surface area (Å²) in [6, 6.07) is 0. The normalized spacial score (nSPS) is 10.0. The molecule has 0 bridgehead atoms. The third kappa shape index (κ3) is 18.1. The van der Waals surface area contributed by atoms with Crippen molar-refractivity contribution in [3.8, 4) is 0 Å². The van der Waals surface area contributed by atoms with Crippen LogP contribution in [0.2, 0.25) is 0 Å². The molecular formula is C16H32NNaO3. The second-order valence-electron chi connectivity index (χ2n) is 5.28. The number of nitrogens with one attached hydrogen (secondary N) is 1. The van der Waals surface area contributed by atoms with Gasteiger partial charge >= 0.3 is 41.5 Å². The van der Waals surface area contributed by atoms with Gasteiger partial charge in [0, 0.05) is 13.0 Å². The van der Waals surface area contributed by atoms with Crippen molar-refractivity contribution >= 4 is 41.5 Å². The molecule has 0 aromatic rings. The van der Waals surface area contributed by atoms with Crippen molar-refractivity contribution in [2.45, 2.75) is 77.6 Å². The number of carbonyl (C=O) groups is 2. The summed E-state index contributed by atoms with van der Waals surface area (Å²) < 4.78 is 4.71. The van der Waals surface area contributed by atoms with Crippen molar-refractivity contribution < 1.29 is 14.3 Å². The van der Waals surface area contributed by atoms with E-state index in [1.54, 1.807) is 7.05 Å².